The number of aromatic carboxylic acids is 1. The molecule has 3 heterocycles. The lowest BCUT2D eigenvalue weighted by atomic mass is 10.2. The molecule has 0 unspecified atom stereocenters. The Kier molecular flexibility index (Phi) is 3.53. The molecule has 0 fully saturated rings. The SMILES string of the molecule is CCn1cc(Cn2nnc(C(=O)O)c2-c2cccs2)cn1. The fourth-order valence-electron chi connectivity index (χ4n) is 2.06. The molecule has 0 aliphatic heterocycles. The molecule has 0 radical (unpaired) electrons. The fraction of sp³-hybridized carbons (Fsp3) is 0.231. The molecule has 0 aliphatic rings. The van der Waals surface area contributed by atoms with Gasteiger partial charge < -0.3 is 5.11 Å². The first-order valence-corrected chi connectivity index (χ1v) is 7.29. The van der Waals surface area contributed by atoms with E-state index < -0.39 is 5.97 Å². The van der Waals surface area contributed by atoms with Crippen LogP contribution in [0.4, 0.5) is 0 Å². The molecule has 7 nitrogen and oxygen atoms in total. The van der Waals surface area contributed by atoms with Crippen molar-refractivity contribution >= 4 is 17.3 Å². The Morgan fingerprint density at radius 2 is 2.33 bits per heavy atom. The molecule has 21 heavy (non-hydrogen) atoms. The Hall–Kier alpha value is -2.48. The Bertz CT molecular complexity index is 759. The van der Waals surface area contributed by atoms with E-state index in [9.17, 15) is 9.90 Å². The van der Waals surface area contributed by atoms with E-state index in [1.165, 1.54) is 11.3 Å². The first-order chi connectivity index (χ1) is 10.2. The number of thiophene rings is 1. The van der Waals surface area contributed by atoms with Gasteiger partial charge in [-0.05, 0) is 18.4 Å². The average Bonchev–Trinajstić information content (AvgIpc) is 3.18. The Morgan fingerprint density at radius 1 is 1.48 bits per heavy atom. The second kappa shape index (κ2) is 5.49. The van der Waals surface area contributed by atoms with Gasteiger partial charge in [-0.15, -0.1) is 16.4 Å². The summed E-state index contributed by atoms with van der Waals surface area (Å²) in [4.78, 5) is 12.1. The molecule has 1 N–H and O–H groups in total. The minimum absolute atomic E-state index is 0.0275. The molecule has 0 saturated carbocycles. The maximum Gasteiger partial charge on any atom is 0.358 e. The van der Waals surface area contributed by atoms with E-state index in [-0.39, 0.29) is 5.69 Å². The average molecular weight is 303 g/mol. The first-order valence-electron chi connectivity index (χ1n) is 6.41. The van der Waals surface area contributed by atoms with Crippen LogP contribution in [0, 0.1) is 0 Å². The number of rotatable bonds is 5. The quantitative estimate of drug-likeness (QED) is 0.778. The topological polar surface area (TPSA) is 85.8 Å². The minimum Gasteiger partial charge on any atom is -0.476 e. The molecule has 0 saturated heterocycles. The second-order valence-electron chi connectivity index (χ2n) is 4.43. The Balaban J connectivity index is 2.00. The molecule has 0 atom stereocenters. The Morgan fingerprint density at radius 3 is 2.95 bits per heavy atom. The smallest absolute Gasteiger partial charge is 0.358 e. The van der Waals surface area contributed by atoms with Gasteiger partial charge in [0.05, 0.1) is 17.6 Å². The van der Waals surface area contributed by atoms with Crippen molar-refractivity contribution in [2.45, 2.75) is 20.0 Å². The van der Waals surface area contributed by atoms with Crippen molar-refractivity contribution in [2.75, 3.05) is 0 Å². The van der Waals surface area contributed by atoms with Gasteiger partial charge in [-0.25, -0.2) is 9.48 Å². The minimum atomic E-state index is -1.08. The van der Waals surface area contributed by atoms with Crippen LogP contribution in [0.3, 0.4) is 0 Å². The summed E-state index contributed by atoms with van der Waals surface area (Å²) >= 11 is 1.46. The normalized spacial score (nSPS) is 10.9. The van der Waals surface area contributed by atoms with Crippen LogP contribution in [-0.2, 0) is 13.1 Å². The monoisotopic (exact) mass is 303 g/mol. The maximum atomic E-state index is 11.3. The summed E-state index contributed by atoms with van der Waals surface area (Å²) in [5.74, 6) is -1.08. The molecule has 108 valence electrons. The molecule has 3 rings (SSSR count). The number of hydrogen-bond acceptors (Lipinski definition) is 5. The lowest BCUT2D eigenvalue weighted by molar-refractivity contribution is 0.0691. The van der Waals surface area contributed by atoms with Crippen molar-refractivity contribution in [1.82, 2.24) is 24.8 Å². The van der Waals surface area contributed by atoms with Gasteiger partial charge in [0.25, 0.3) is 0 Å². The number of carbonyl (C=O) groups is 1. The lowest BCUT2D eigenvalue weighted by Crippen LogP contribution is -2.05. The van der Waals surface area contributed by atoms with Gasteiger partial charge in [0, 0.05) is 18.3 Å². The van der Waals surface area contributed by atoms with E-state index in [4.69, 9.17) is 0 Å². The summed E-state index contributed by atoms with van der Waals surface area (Å²) in [6.07, 6.45) is 3.67. The molecule has 0 bridgehead atoms. The third kappa shape index (κ3) is 2.57. The van der Waals surface area contributed by atoms with Crippen LogP contribution in [0.5, 0.6) is 0 Å². The van der Waals surface area contributed by atoms with Crippen LogP contribution in [0.15, 0.2) is 29.9 Å². The van der Waals surface area contributed by atoms with Crippen LogP contribution in [0.1, 0.15) is 23.0 Å². The van der Waals surface area contributed by atoms with Gasteiger partial charge >= 0.3 is 5.97 Å². The molecule has 0 aromatic carbocycles. The van der Waals surface area contributed by atoms with E-state index in [1.54, 1.807) is 10.9 Å². The summed E-state index contributed by atoms with van der Waals surface area (Å²) in [6, 6.07) is 3.74. The van der Waals surface area contributed by atoms with Crippen LogP contribution >= 0.6 is 11.3 Å². The molecule has 3 aromatic rings. The van der Waals surface area contributed by atoms with Crippen molar-refractivity contribution < 1.29 is 9.90 Å². The third-order valence-electron chi connectivity index (χ3n) is 3.04. The number of aromatic nitrogens is 5. The maximum absolute atomic E-state index is 11.3. The van der Waals surface area contributed by atoms with Gasteiger partial charge in [-0.2, -0.15) is 5.10 Å². The largest absolute Gasteiger partial charge is 0.476 e. The summed E-state index contributed by atoms with van der Waals surface area (Å²) < 4.78 is 3.42. The molecular weight excluding hydrogens is 290 g/mol. The number of aryl methyl sites for hydroxylation is 1. The van der Waals surface area contributed by atoms with Crippen molar-refractivity contribution in [3.05, 3.63) is 41.2 Å². The van der Waals surface area contributed by atoms with E-state index in [2.05, 4.69) is 15.4 Å². The van der Waals surface area contributed by atoms with E-state index in [0.717, 1.165) is 17.0 Å². The zero-order valence-electron chi connectivity index (χ0n) is 11.3. The lowest BCUT2D eigenvalue weighted by Gasteiger charge is -2.03. The van der Waals surface area contributed by atoms with E-state index in [0.29, 0.717) is 12.2 Å². The van der Waals surface area contributed by atoms with Gasteiger partial charge in [-0.3, -0.25) is 4.68 Å². The summed E-state index contributed by atoms with van der Waals surface area (Å²) in [7, 11) is 0. The van der Waals surface area contributed by atoms with Crippen LogP contribution < -0.4 is 0 Å². The van der Waals surface area contributed by atoms with Crippen molar-refractivity contribution in [2.24, 2.45) is 0 Å². The van der Waals surface area contributed by atoms with Crippen LogP contribution in [0.25, 0.3) is 10.6 Å². The van der Waals surface area contributed by atoms with Crippen LogP contribution in [0.2, 0.25) is 0 Å². The standard InChI is InChI=1S/C13H13N5O2S/c1-2-17-7-9(6-14-17)8-18-12(10-4-3-5-21-10)11(13(19)20)15-16-18/h3-7H,2,8H2,1H3,(H,19,20). The molecule has 0 spiro atoms. The molecule has 0 amide bonds. The highest BCUT2D eigenvalue weighted by Gasteiger charge is 2.21. The number of nitrogens with zero attached hydrogens (tertiary/aromatic N) is 5. The molecule has 0 aliphatic carbocycles. The number of carboxylic acid groups (broad SMARTS) is 1. The van der Waals surface area contributed by atoms with Gasteiger partial charge in [0.15, 0.2) is 5.69 Å². The van der Waals surface area contributed by atoms with Crippen molar-refractivity contribution in [3.63, 3.8) is 0 Å². The molecular formula is C13H13N5O2S. The first kappa shape index (κ1) is 13.5. The van der Waals surface area contributed by atoms with Crippen LogP contribution in [-0.4, -0.2) is 35.9 Å². The number of carboxylic acids is 1. The highest BCUT2D eigenvalue weighted by atomic mass is 32.1. The zero-order chi connectivity index (χ0) is 14.8. The van der Waals surface area contributed by atoms with Gasteiger partial charge in [-0.1, -0.05) is 11.3 Å². The second-order valence-corrected chi connectivity index (χ2v) is 5.38. The van der Waals surface area contributed by atoms with Crippen molar-refractivity contribution in [3.8, 4) is 10.6 Å². The summed E-state index contributed by atoms with van der Waals surface area (Å²) in [5, 5.41) is 23.1. The van der Waals surface area contributed by atoms with E-state index in [1.807, 2.05) is 35.3 Å². The Labute approximate surface area is 124 Å². The molecule has 3 aromatic heterocycles. The zero-order valence-corrected chi connectivity index (χ0v) is 12.1. The van der Waals surface area contributed by atoms with Gasteiger partial charge in [0.1, 0.15) is 5.69 Å². The molecule has 8 heteroatoms. The van der Waals surface area contributed by atoms with E-state index >= 15 is 0 Å². The highest BCUT2D eigenvalue weighted by molar-refractivity contribution is 7.13. The number of hydrogen-bond donors (Lipinski definition) is 1. The predicted molar refractivity (Wildman–Crippen MR) is 77.3 cm³/mol. The highest BCUT2D eigenvalue weighted by Crippen LogP contribution is 2.27. The van der Waals surface area contributed by atoms with Gasteiger partial charge in [0.2, 0.25) is 0 Å². The third-order valence-corrected chi connectivity index (χ3v) is 3.91. The van der Waals surface area contributed by atoms with Crippen molar-refractivity contribution in [1.29, 1.82) is 0 Å². The summed E-state index contributed by atoms with van der Waals surface area (Å²) in [6.45, 7) is 3.23. The summed E-state index contributed by atoms with van der Waals surface area (Å²) in [5.41, 5.74) is 1.46. The predicted octanol–water partition coefficient (Wildman–Crippen LogP) is 1.97. The fourth-order valence-corrected chi connectivity index (χ4v) is 2.83.